The molecule has 0 saturated carbocycles. The number of nitrogens with zero attached hydrogens (tertiary/aromatic N) is 4. The summed E-state index contributed by atoms with van der Waals surface area (Å²) in [5, 5.41) is 2.70. The van der Waals surface area contributed by atoms with Crippen molar-refractivity contribution >= 4 is 23.0 Å². The van der Waals surface area contributed by atoms with Gasteiger partial charge in [0.2, 0.25) is 0 Å². The van der Waals surface area contributed by atoms with Crippen molar-refractivity contribution in [2.24, 2.45) is 0 Å². The number of hydrogen-bond donors (Lipinski definition) is 1. The second-order valence-electron chi connectivity index (χ2n) is 11.5. The molecule has 0 aliphatic carbocycles. The molecule has 0 radical (unpaired) electrons. The summed E-state index contributed by atoms with van der Waals surface area (Å²) >= 11 is 0. The fraction of sp³-hybridized carbons (Fsp3) is 0.364. The Hall–Kier alpha value is -4.37. The highest BCUT2D eigenvalue weighted by Crippen LogP contribution is 2.29. The van der Waals surface area contributed by atoms with Crippen molar-refractivity contribution in [1.29, 1.82) is 0 Å². The minimum atomic E-state index is -0.501. The van der Waals surface area contributed by atoms with Crippen molar-refractivity contribution in [3.63, 3.8) is 0 Å². The van der Waals surface area contributed by atoms with Crippen LogP contribution in [0.15, 0.2) is 66.7 Å². The summed E-state index contributed by atoms with van der Waals surface area (Å²) in [5.74, 6) is 1.46. The summed E-state index contributed by atoms with van der Waals surface area (Å²) in [7, 11) is 3.28. The summed E-state index contributed by atoms with van der Waals surface area (Å²) in [5.41, 5.74) is 5.17. The molecule has 1 aliphatic heterocycles. The van der Waals surface area contributed by atoms with E-state index >= 15 is 0 Å². The molecule has 220 valence electrons. The number of methoxy groups -OCH3 is 1. The topological polar surface area (TPSA) is 88.9 Å². The van der Waals surface area contributed by atoms with Gasteiger partial charge < -0.3 is 24.3 Å². The Kier molecular flexibility index (Phi) is 8.49. The number of hydrogen-bond acceptors (Lipinski definition) is 6. The molecule has 1 aliphatic rings. The Balaban J connectivity index is 1.41. The molecule has 2 amide bonds. The van der Waals surface area contributed by atoms with Crippen LogP contribution in [-0.4, -0.2) is 77.3 Å². The lowest BCUT2D eigenvalue weighted by Gasteiger charge is -2.35. The number of piperazine rings is 1. The monoisotopic (exact) mass is 569 g/mol. The molecule has 1 saturated heterocycles. The van der Waals surface area contributed by atoms with Crippen LogP contribution < -0.4 is 10.1 Å². The summed E-state index contributed by atoms with van der Waals surface area (Å²) < 4.78 is 13.1. The van der Waals surface area contributed by atoms with Crippen molar-refractivity contribution in [3.8, 4) is 17.1 Å². The van der Waals surface area contributed by atoms with Crippen LogP contribution in [-0.2, 0) is 17.8 Å². The van der Waals surface area contributed by atoms with Crippen molar-refractivity contribution < 1.29 is 19.1 Å². The van der Waals surface area contributed by atoms with Gasteiger partial charge in [0.05, 0.1) is 18.1 Å². The van der Waals surface area contributed by atoms with E-state index in [9.17, 15) is 9.59 Å². The van der Waals surface area contributed by atoms with E-state index in [1.165, 1.54) is 11.1 Å². The quantitative estimate of drug-likeness (QED) is 0.330. The number of aromatic nitrogens is 2. The molecule has 0 atom stereocenters. The summed E-state index contributed by atoms with van der Waals surface area (Å²) in [4.78, 5) is 34.0. The second-order valence-corrected chi connectivity index (χ2v) is 11.5. The number of ether oxygens (including phenoxy) is 2. The predicted molar refractivity (Wildman–Crippen MR) is 164 cm³/mol. The van der Waals surface area contributed by atoms with Gasteiger partial charge in [-0.3, -0.25) is 9.69 Å². The van der Waals surface area contributed by atoms with Gasteiger partial charge in [0.25, 0.3) is 5.91 Å². The van der Waals surface area contributed by atoms with E-state index in [1.807, 2.05) is 63.2 Å². The van der Waals surface area contributed by atoms with Crippen LogP contribution in [0.25, 0.3) is 22.4 Å². The average Bonchev–Trinajstić information content (AvgIpc) is 3.34. The van der Waals surface area contributed by atoms with Crippen LogP contribution in [0.5, 0.6) is 5.75 Å². The molecule has 0 spiro atoms. The molecule has 1 fully saturated rings. The largest absolute Gasteiger partial charge is 0.497 e. The lowest BCUT2D eigenvalue weighted by Crippen LogP contribution is -2.49. The smallest absolute Gasteiger partial charge is 0.410 e. The second kappa shape index (κ2) is 12.2. The molecular formula is C33H39N5O4. The van der Waals surface area contributed by atoms with Gasteiger partial charge in [0.1, 0.15) is 17.2 Å². The van der Waals surface area contributed by atoms with Crippen LogP contribution in [0, 0.1) is 0 Å². The number of amides is 2. The minimum Gasteiger partial charge on any atom is -0.497 e. The summed E-state index contributed by atoms with van der Waals surface area (Å²) in [6.45, 7) is 9.90. The van der Waals surface area contributed by atoms with Gasteiger partial charge in [-0.15, -0.1) is 0 Å². The van der Waals surface area contributed by atoms with Gasteiger partial charge in [-0.05, 0) is 74.4 Å². The van der Waals surface area contributed by atoms with Crippen LogP contribution in [0.3, 0.4) is 0 Å². The molecule has 9 heteroatoms. The normalized spacial score (nSPS) is 14.2. The van der Waals surface area contributed by atoms with E-state index < -0.39 is 5.60 Å². The number of carbonyl (C=O) groups is 2. The van der Waals surface area contributed by atoms with E-state index in [0.717, 1.165) is 47.8 Å². The average molecular weight is 570 g/mol. The highest BCUT2D eigenvalue weighted by molar-refractivity contribution is 5.97. The number of fused-ring (bicyclic) bond motifs is 1. The molecule has 4 aromatic rings. The first-order valence-electron chi connectivity index (χ1n) is 14.3. The van der Waals surface area contributed by atoms with Crippen LogP contribution in [0.4, 0.5) is 4.79 Å². The van der Waals surface area contributed by atoms with E-state index in [0.29, 0.717) is 25.2 Å². The van der Waals surface area contributed by atoms with Crippen molar-refractivity contribution in [2.75, 3.05) is 40.3 Å². The first-order chi connectivity index (χ1) is 20.1. The molecule has 9 nitrogen and oxygen atoms in total. The van der Waals surface area contributed by atoms with Gasteiger partial charge in [-0.2, -0.15) is 0 Å². The van der Waals surface area contributed by atoms with Gasteiger partial charge in [-0.25, -0.2) is 9.78 Å². The minimum absolute atomic E-state index is 0.144. The van der Waals surface area contributed by atoms with Gasteiger partial charge in [0, 0.05) is 57.4 Å². The molecule has 42 heavy (non-hydrogen) atoms. The van der Waals surface area contributed by atoms with Crippen molar-refractivity contribution in [1.82, 2.24) is 24.7 Å². The number of imidazole rings is 1. The summed E-state index contributed by atoms with van der Waals surface area (Å²) in [6, 6.07) is 22.0. The molecular weight excluding hydrogens is 530 g/mol. The van der Waals surface area contributed by atoms with Crippen LogP contribution >= 0.6 is 0 Å². The van der Waals surface area contributed by atoms with Crippen LogP contribution in [0.2, 0.25) is 0 Å². The number of carbonyl (C=O) groups excluding carboxylic acids is 2. The third kappa shape index (κ3) is 6.57. The zero-order chi connectivity index (χ0) is 29.9. The molecule has 5 rings (SSSR count). The van der Waals surface area contributed by atoms with Gasteiger partial charge in [0.15, 0.2) is 0 Å². The summed E-state index contributed by atoms with van der Waals surface area (Å²) in [6.07, 6.45) is -0.250. The van der Waals surface area contributed by atoms with E-state index in [-0.39, 0.29) is 12.0 Å². The Morgan fingerprint density at radius 2 is 1.57 bits per heavy atom. The molecule has 3 aromatic carbocycles. The third-order valence-electron chi connectivity index (χ3n) is 7.45. The van der Waals surface area contributed by atoms with Crippen molar-refractivity contribution in [3.05, 3.63) is 83.4 Å². The molecule has 0 bridgehead atoms. The Morgan fingerprint density at radius 1 is 0.905 bits per heavy atom. The Labute approximate surface area is 247 Å². The van der Waals surface area contributed by atoms with E-state index in [1.54, 1.807) is 19.1 Å². The first kappa shape index (κ1) is 29.1. The third-order valence-corrected chi connectivity index (χ3v) is 7.45. The Morgan fingerprint density at radius 3 is 2.19 bits per heavy atom. The molecule has 1 N–H and O–H groups in total. The number of benzene rings is 3. The molecule has 0 unspecified atom stereocenters. The fourth-order valence-corrected chi connectivity index (χ4v) is 5.23. The standard InChI is InChI=1S/C33H39N5O4/c1-33(2,3)42-32(40)37-18-16-36(17-19-37)21-25-8-6-7-9-26(25)22-38-29-15-12-24(31(39)34-4)20-28(29)35-30(38)23-10-13-27(41-5)14-11-23/h6-15,20H,16-19,21-22H2,1-5H3,(H,34,39). The first-order valence-corrected chi connectivity index (χ1v) is 14.3. The zero-order valence-electron chi connectivity index (χ0n) is 25.0. The Bertz CT molecular complexity index is 1560. The van der Waals surface area contributed by atoms with Gasteiger partial charge >= 0.3 is 6.09 Å². The zero-order valence-corrected chi connectivity index (χ0v) is 25.0. The van der Waals surface area contributed by atoms with Crippen LogP contribution in [0.1, 0.15) is 42.3 Å². The van der Waals surface area contributed by atoms with E-state index in [4.69, 9.17) is 14.5 Å². The van der Waals surface area contributed by atoms with Crippen molar-refractivity contribution in [2.45, 2.75) is 39.5 Å². The molecule has 2 heterocycles. The highest BCUT2D eigenvalue weighted by atomic mass is 16.6. The number of nitrogens with one attached hydrogen (secondary N) is 1. The SMILES string of the molecule is CNC(=O)c1ccc2c(c1)nc(-c1ccc(OC)cc1)n2Cc1ccccc1CN1CCN(C(=O)OC(C)(C)C)CC1. The lowest BCUT2D eigenvalue weighted by molar-refractivity contribution is 0.0138. The lowest BCUT2D eigenvalue weighted by atomic mass is 10.1. The maximum absolute atomic E-state index is 12.5. The maximum atomic E-state index is 12.5. The fourth-order valence-electron chi connectivity index (χ4n) is 5.23. The molecule has 1 aromatic heterocycles. The predicted octanol–water partition coefficient (Wildman–Crippen LogP) is 5.17. The number of rotatable bonds is 7. The highest BCUT2D eigenvalue weighted by Gasteiger charge is 2.26. The van der Waals surface area contributed by atoms with Gasteiger partial charge in [-0.1, -0.05) is 24.3 Å². The maximum Gasteiger partial charge on any atom is 0.410 e. The van der Waals surface area contributed by atoms with E-state index in [2.05, 4.69) is 39.0 Å².